The zero-order valence-corrected chi connectivity index (χ0v) is 20.2. The van der Waals surface area contributed by atoms with Crippen molar-refractivity contribution in [3.63, 3.8) is 0 Å². The second kappa shape index (κ2) is 11.4. The maximum absolute atomic E-state index is 14.4. The van der Waals surface area contributed by atoms with Crippen LogP contribution in [-0.4, -0.2) is 37.4 Å². The summed E-state index contributed by atoms with van der Waals surface area (Å²) in [6, 6.07) is 7.63. The monoisotopic (exact) mass is 455 g/mol. The molecule has 0 spiro atoms. The van der Waals surface area contributed by atoms with Crippen LogP contribution in [0.25, 0.3) is 5.57 Å². The second-order valence-corrected chi connectivity index (χ2v) is 9.06. The Morgan fingerprint density at radius 1 is 1.36 bits per heavy atom. The Bertz CT molecular complexity index is 914. The smallest absolute Gasteiger partial charge is 0.172 e. The highest BCUT2D eigenvalue weighted by atomic mass is 19.1. The first-order valence-corrected chi connectivity index (χ1v) is 11.9. The number of hydrogen-bond acceptors (Lipinski definition) is 7. The van der Waals surface area contributed by atoms with Gasteiger partial charge in [0, 0.05) is 26.7 Å². The van der Waals surface area contributed by atoms with Crippen molar-refractivity contribution < 1.29 is 4.39 Å². The summed E-state index contributed by atoms with van der Waals surface area (Å²) in [5.41, 5.74) is 10.0. The van der Waals surface area contributed by atoms with Crippen LogP contribution >= 0.6 is 0 Å². The molecule has 1 aromatic carbocycles. The van der Waals surface area contributed by atoms with E-state index >= 15 is 0 Å². The highest BCUT2D eigenvalue weighted by Crippen LogP contribution is 2.29. The van der Waals surface area contributed by atoms with Gasteiger partial charge in [0.15, 0.2) is 6.17 Å². The third-order valence-electron chi connectivity index (χ3n) is 6.81. The number of nitrogens with zero attached hydrogens (tertiary/aromatic N) is 2. The Kier molecular flexibility index (Phi) is 8.59. The first kappa shape index (κ1) is 24.9. The van der Waals surface area contributed by atoms with Crippen molar-refractivity contribution in [2.45, 2.75) is 70.9 Å². The molecular weight excluding hydrogens is 417 g/mol. The van der Waals surface area contributed by atoms with Gasteiger partial charge < -0.3 is 21.3 Å². The molecule has 0 radical (unpaired) electrons. The lowest BCUT2D eigenvalue weighted by atomic mass is 9.99. The van der Waals surface area contributed by atoms with Gasteiger partial charge in [0.2, 0.25) is 0 Å². The molecule has 3 atom stereocenters. The molecule has 1 fully saturated rings. The fraction of sp³-hybridized carbons (Fsp3) is 0.560. The molecule has 1 saturated carbocycles. The van der Waals surface area contributed by atoms with E-state index in [2.05, 4.69) is 34.3 Å². The molecule has 1 aromatic rings. The molecular formula is C25H38FN7. The molecule has 0 amide bonds. The van der Waals surface area contributed by atoms with E-state index in [0.29, 0.717) is 18.3 Å². The predicted molar refractivity (Wildman–Crippen MR) is 130 cm³/mol. The van der Waals surface area contributed by atoms with E-state index in [4.69, 9.17) is 5.73 Å². The van der Waals surface area contributed by atoms with E-state index in [-0.39, 0.29) is 18.0 Å². The summed E-state index contributed by atoms with van der Waals surface area (Å²) in [6.07, 6.45) is 6.77. The van der Waals surface area contributed by atoms with Crippen LogP contribution in [0, 0.1) is 23.1 Å². The van der Waals surface area contributed by atoms with Gasteiger partial charge in [-0.25, -0.2) is 4.39 Å². The van der Waals surface area contributed by atoms with Crippen molar-refractivity contribution in [1.82, 2.24) is 26.2 Å². The van der Waals surface area contributed by atoms with Crippen molar-refractivity contribution in [3.05, 3.63) is 52.9 Å². The number of halogens is 1. The molecule has 8 heteroatoms. The van der Waals surface area contributed by atoms with Gasteiger partial charge in [-0.15, -0.1) is 0 Å². The van der Waals surface area contributed by atoms with Gasteiger partial charge in [0.1, 0.15) is 23.9 Å². The zero-order valence-electron chi connectivity index (χ0n) is 20.2. The van der Waals surface area contributed by atoms with Crippen LogP contribution in [0.15, 0.2) is 35.9 Å². The molecule has 1 aliphatic carbocycles. The van der Waals surface area contributed by atoms with E-state index < -0.39 is 6.17 Å². The van der Waals surface area contributed by atoms with Gasteiger partial charge in [-0.2, -0.15) is 5.26 Å². The van der Waals surface area contributed by atoms with Crippen molar-refractivity contribution >= 4 is 5.57 Å². The largest absolute Gasteiger partial charge is 0.394 e. The highest BCUT2D eigenvalue weighted by Gasteiger charge is 2.33. The van der Waals surface area contributed by atoms with Crippen LogP contribution in [-0.2, 0) is 6.54 Å². The molecule has 0 bridgehead atoms. The first-order valence-electron chi connectivity index (χ1n) is 11.9. The summed E-state index contributed by atoms with van der Waals surface area (Å²) in [7, 11) is 3.65. The minimum Gasteiger partial charge on any atom is -0.394 e. The standard InChI is InChI=1S/C25H38FN7/c1-5-18(15-29-3)20-10-17(11-21(26)12-20)14-30-25-23(24(28)33(4)22(13-27)32-25)31-16(2)19-8-6-7-9-19/h10-12,15-16,19,22,25,29-32H,5-9,14,28H2,1-4H3/b18-15+. The number of rotatable bonds is 9. The predicted octanol–water partition coefficient (Wildman–Crippen LogP) is 2.89. The van der Waals surface area contributed by atoms with Gasteiger partial charge in [0.25, 0.3) is 0 Å². The molecule has 3 rings (SSSR count). The Balaban J connectivity index is 1.80. The Labute approximate surface area is 197 Å². The molecule has 0 aromatic heterocycles. The van der Waals surface area contributed by atoms with Crippen LogP contribution in [0.4, 0.5) is 4.39 Å². The van der Waals surface area contributed by atoms with Crippen LogP contribution in [0.2, 0.25) is 0 Å². The summed E-state index contributed by atoms with van der Waals surface area (Å²) in [6.45, 7) is 4.67. The van der Waals surface area contributed by atoms with Crippen molar-refractivity contribution in [3.8, 4) is 6.07 Å². The Hall–Kier alpha value is -2.76. The molecule has 1 aliphatic heterocycles. The summed E-state index contributed by atoms with van der Waals surface area (Å²) < 4.78 is 14.4. The molecule has 33 heavy (non-hydrogen) atoms. The maximum Gasteiger partial charge on any atom is 0.172 e. The Morgan fingerprint density at radius 2 is 2.09 bits per heavy atom. The summed E-state index contributed by atoms with van der Waals surface area (Å²) >= 11 is 0. The van der Waals surface area contributed by atoms with E-state index in [0.717, 1.165) is 28.8 Å². The Morgan fingerprint density at radius 3 is 2.73 bits per heavy atom. The minimum atomic E-state index is -0.553. The summed E-state index contributed by atoms with van der Waals surface area (Å²) in [4.78, 5) is 1.75. The van der Waals surface area contributed by atoms with E-state index in [1.807, 2.05) is 33.3 Å². The van der Waals surface area contributed by atoms with Gasteiger partial charge in [-0.3, -0.25) is 10.6 Å². The molecule has 180 valence electrons. The van der Waals surface area contributed by atoms with Gasteiger partial charge in [-0.1, -0.05) is 19.8 Å². The van der Waals surface area contributed by atoms with Crippen molar-refractivity contribution in [2.24, 2.45) is 11.7 Å². The second-order valence-electron chi connectivity index (χ2n) is 9.06. The first-order chi connectivity index (χ1) is 15.9. The number of benzene rings is 1. The average Bonchev–Trinajstić information content (AvgIpc) is 3.34. The van der Waals surface area contributed by atoms with Gasteiger partial charge in [-0.05, 0) is 73.2 Å². The number of nitriles is 1. The quantitative estimate of drug-likeness (QED) is 0.390. The van der Waals surface area contributed by atoms with Crippen LogP contribution in [0.1, 0.15) is 57.1 Å². The van der Waals surface area contributed by atoms with Crippen LogP contribution < -0.4 is 27.0 Å². The van der Waals surface area contributed by atoms with Crippen LogP contribution in [0.3, 0.4) is 0 Å². The third kappa shape index (κ3) is 5.98. The molecule has 6 N–H and O–H groups in total. The molecule has 7 nitrogen and oxygen atoms in total. The number of hydrogen-bond donors (Lipinski definition) is 5. The lowest BCUT2D eigenvalue weighted by Gasteiger charge is -2.40. The number of allylic oxidation sites excluding steroid dienone is 1. The van der Waals surface area contributed by atoms with E-state index in [1.54, 1.807) is 17.0 Å². The van der Waals surface area contributed by atoms with Crippen molar-refractivity contribution in [2.75, 3.05) is 14.1 Å². The SMILES string of the molecule is CC/C(=C\NC)c1cc(F)cc(CNC2NC(C#N)N(C)C(N)=C2NC(C)C2CCCC2)c1. The fourth-order valence-corrected chi connectivity index (χ4v) is 4.81. The van der Waals surface area contributed by atoms with E-state index in [1.165, 1.54) is 25.7 Å². The molecule has 2 aliphatic rings. The minimum absolute atomic E-state index is 0.269. The third-order valence-corrected chi connectivity index (χ3v) is 6.81. The summed E-state index contributed by atoms with van der Waals surface area (Å²) in [5.74, 6) is 0.893. The average molecular weight is 456 g/mol. The fourth-order valence-electron chi connectivity index (χ4n) is 4.81. The molecule has 3 unspecified atom stereocenters. The van der Waals surface area contributed by atoms with Gasteiger partial charge in [0.05, 0.1) is 5.70 Å². The van der Waals surface area contributed by atoms with Crippen molar-refractivity contribution in [1.29, 1.82) is 5.26 Å². The molecule has 1 heterocycles. The highest BCUT2D eigenvalue weighted by molar-refractivity contribution is 5.65. The topological polar surface area (TPSA) is 101 Å². The lowest BCUT2D eigenvalue weighted by molar-refractivity contribution is 0.225. The van der Waals surface area contributed by atoms with E-state index in [9.17, 15) is 9.65 Å². The summed E-state index contributed by atoms with van der Waals surface area (Å²) in [5, 5.41) is 23.0. The van der Waals surface area contributed by atoms with Gasteiger partial charge >= 0.3 is 0 Å². The maximum atomic E-state index is 14.4. The normalized spacial score (nSPS) is 22.9. The van der Waals surface area contributed by atoms with Crippen LogP contribution in [0.5, 0.6) is 0 Å². The lowest BCUT2D eigenvalue weighted by Crippen LogP contribution is -2.62. The molecule has 0 saturated heterocycles. The zero-order chi connectivity index (χ0) is 24.0. The number of nitrogens with two attached hydrogens (primary N) is 1. The number of nitrogens with one attached hydrogen (secondary N) is 4.